The molecule has 1 aliphatic heterocycles. The van der Waals surface area contributed by atoms with Crippen LogP contribution in [0.2, 0.25) is 0 Å². The van der Waals surface area contributed by atoms with Gasteiger partial charge in [0.2, 0.25) is 0 Å². The smallest absolute Gasteiger partial charge is 0.404 e. The molecule has 0 spiro atoms. The maximum absolute atomic E-state index is 6.42. The zero-order valence-corrected chi connectivity index (χ0v) is 13.1. The van der Waals surface area contributed by atoms with Crippen molar-refractivity contribution in [2.75, 3.05) is 0 Å². The molecule has 1 unspecified atom stereocenters. The number of nitrogens with two attached hydrogens (primary N) is 1. The quantitative estimate of drug-likeness (QED) is 0.807. The van der Waals surface area contributed by atoms with Crippen molar-refractivity contribution in [1.29, 1.82) is 0 Å². The highest BCUT2D eigenvalue weighted by atomic mass is 16.7. The molecule has 0 aromatic rings. The van der Waals surface area contributed by atoms with Crippen molar-refractivity contribution in [3.8, 4) is 0 Å². The molecule has 0 aromatic carbocycles. The molecule has 20 heavy (non-hydrogen) atoms. The summed E-state index contributed by atoms with van der Waals surface area (Å²) in [6, 6.07) is 0. The highest BCUT2D eigenvalue weighted by Gasteiger charge is 2.68. The Morgan fingerprint density at radius 3 is 2.60 bits per heavy atom. The molecular formula is C16H28BNO2. The first kappa shape index (κ1) is 13.6. The van der Waals surface area contributed by atoms with Gasteiger partial charge in [-0.15, -0.1) is 0 Å². The number of rotatable bonds is 3. The number of hydrogen-bond acceptors (Lipinski definition) is 3. The molecule has 1 saturated heterocycles. The Morgan fingerprint density at radius 2 is 2.00 bits per heavy atom. The first-order valence-electron chi connectivity index (χ1n) is 8.50. The van der Waals surface area contributed by atoms with Crippen LogP contribution in [-0.2, 0) is 9.31 Å². The fraction of sp³-hybridized carbons (Fsp3) is 1.00. The van der Waals surface area contributed by atoms with E-state index in [1.54, 1.807) is 0 Å². The van der Waals surface area contributed by atoms with Crippen molar-refractivity contribution in [3.63, 3.8) is 0 Å². The SMILES string of the molecule is CC1(C)[C@@H]2C[C@H]3OB(C(N)CC4CCC4)O[C@@]3(C)[C@H]1C2. The summed E-state index contributed by atoms with van der Waals surface area (Å²) in [5.41, 5.74) is 6.70. The van der Waals surface area contributed by atoms with Gasteiger partial charge in [-0.3, -0.25) is 0 Å². The summed E-state index contributed by atoms with van der Waals surface area (Å²) in [5, 5.41) is 0. The molecule has 2 N–H and O–H groups in total. The lowest BCUT2D eigenvalue weighted by atomic mass is 9.43. The average molecular weight is 277 g/mol. The van der Waals surface area contributed by atoms with E-state index in [0.717, 1.165) is 24.7 Å². The molecule has 5 aliphatic rings. The molecular weight excluding hydrogens is 249 g/mol. The van der Waals surface area contributed by atoms with E-state index in [4.69, 9.17) is 15.0 Å². The van der Waals surface area contributed by atoms with Gasteiger partial charge < -0.3 is 15.0 Å². The molecule has 0 amide bonds. The fourth-order valence-electron chi connectivity index (χ4n) is 5.31. The molecule has 5 fully saturated rings. The third-order valence-electron chi connectivity index (χ3n) is 7.15. The van der Waals surface area contributed by atoms with Gasteiger partial charge in [0.05, 0.1) is 11.7 Å². The highest BCUT2D eigenvalue weighted by Crippen LogP contribution is 2.65. The first-order valence-corrected chi connectivity index (χ1v) is 8.50. The highest BCUT2D eigenvalue weighted by molar-refractivity contribution is 6.47. The third kappa shape index (κ3) is 1.71. The summed E-state index contributed by atoms with van der Waals surface area (Å²) in [6.45, 7) is 7.08. The van der Waals surface area contributed by atoms with Crippen molar-refractivity contribution < 1.29 is 9.31 Å². The van der Waals surface area contributed by atoms with Gasteiger partial charge in [-0.1, -0.05) is 33.1 Å². The van der Waals surface area contributed by atoms with Crippen molar-refractivity contribution in [1.82, 2.24) is 0 Å². The Kier molecular flexibility index (Phi) is 2.88. The normalized spacial score (nSPS) is 47.4. The summed E-state index contributed by atoms with van der Waals surface area (Å²) in [5.74, 6) is 2.33. The lowest BCUT2D eigenvalue weighted by Gasteiger charge is -2.64. The Labute approximate surface area is 123 Å². The molecule has 4 saturated carbocycles. The van der Waals surface area contributed by atoms with Crippen LogP contribution in [0.3, 0.4) is 0 Å². The molecule has 5 atom stereocenters. The van der Waals surface area contributed by atoms with Gasteiger partial charge in [-0.2, -0.15) is 0 Å². The van der Waals surface area contributed by atoms with Gasteiger partial charge in [0.15, 0.2) is 0 Å². The van der Waals surface area contributed by atoms with Crippen LogP contribution < -0.4 is 5.73 Å². The molecule has 4 heteroatoms. The van der Waals surface area contributed by atoms with Gasteiger partial charge in [0.25, 0.3) is 0 Å². The Bertz CT molecular complexity index is 411. The zero-order chi connectivity index (χ0) is 14.1. The van der Waals surface area contributed by atoms with E-state index in [2.05, 4.69) is 20.8 Å². The van der Waals surface area contributed by atoms with Crippen LogP contribution in [-0.4, -0.2) is 24.8 Å². The van der Waals surface area contributed by atoms with Crippen LogP contribution in [0, 0.1) is 23.2 Å². The zero-order valence-electron chi connectivity index (χ0n) is 13.1. The van der Waals surface area contributed by atoms with Crippen LogP contribution in [0.25, 0.3) is 0 Å². The van der Waals surface area contributed by atoms with Gasteiger partial charge in [-0.25, -0.2) is 0 Å². The van der Waals surface area contributed by atoms with Crippen LogP contribution in [0.1, 0.15) is 59.3 Å². The second-order valence-corrected chi connectivity index (χ2v) is 8.53. The van der Waals surface area contributed by atoms with Crippen molar-refractivity contribution in [3.05, 3.63) is 0 Å². The second kappa shape index (κ2) is 4.24. The van der Waals surface area contributed by atoms with Crippen LogP contribution in [0.15, 0.2) is 0 Å². The topological polar surface area (TPSA) is 44.5 Å². The molecule has 3 nitrogen and oxygen atoms in total. The molecule has 2 bridgehead atoms. The maximum Gasteiger partial charge on any atom is 0.475 e. The monoisotopic (exact) mass is 277 g/mol. The van der Waals surface area contributed by atoms with E-state index in [-0.39, 0.29) is 24.8 Å². The molecule has 0 radical (unpaired) electrons. The predicted molar refractivity (Wildman–Crippen MR) is 80.0 cm³/mol. The maximum atomic E-state index is 6.42. The Hall–Kier alpha value is -0.0551. The van der Waals surface area contributed by atoms with Crippen molar-refractivity contribution in [2.45, 2.75) is 76.9 Å². The predicted octanol–water partition coefficient (Wildman–Crippen LogP) is 2.77. The lowest BCUT2D eigenvalue weighted by Crippen LogP contribution is -2.65. The molecule has 0 aromatic heterocycles. The second-order valence-electron chi connectivity index (χ2n) is 8.53. The van der Waals surface area contributed by atoms with Crippen LogP contribution in [0.4, 0.5) is 0 Å². The lowest BCUT2D eigenvalue weighted by molar-refractivity contribution is -0.199. The Morgan fingerprint density at radius 1 is 1.25 bits per heavy atom. The van der Waals surface area contributed by atoms with E-state index < -0.39 is 0 Å². The van der Waals surface area contributed by atoms with Crippen molar-refractivity contribution in [2.24, 2.45) is 28.9 Å². The first-order chi connectivity index (χ1) is 9.41. The van der Waals surface area contributed by atoms with Crippen molar-refractivity contribution >= 4 is 7.12 Å². The minimum atomic E-state index is -0.166. The standard InChI is InChI=1S/C16H28BNO2/c1-15(2)11-8-12(15)16(3)13(9-11)19-17(20-16)14(18)7-10-5-4-6-10/h10-14H,4-9,18H2,1-3H3/t11-,12-,13+,14?,16-/m0/s1. The largest absolute Gasteiger partial charge is 0.475 e. The fourth-order valence-corrected chi connectivity index (χ4v) is 5.31. The van der Waals surface area contributed by atoms with Gasteiger partial charge in [0.1, 0.15) is 0 Å². The van der Waals surface area contributed by atoms with E-state index in [1.165, 1.54) is 25.7 Å². The third-order valence-corrected chi connectivity index (χ3v) is 7.15. The summed E-state index contributed by atoms with van der Waals surface area (Å²) in [6.07, 6.45) is 7.89. The van der Waals surface area contributed by atoms with E-state index in [1.807, 2.05) is 0 Å². The summed E-state index contributed by atoms with van der Waals surface area (Å²) < 4.78 is 12.7. The summed E-state index contributed by atoms with van der Waals surface area (Å²) >= 11 is 0. The van der Waals surface area contributed by atoms with E-state index in [0.29, 0.717) is 11.3 Å². The van der Waals surface area contributed by atoms with E-state index in [9.17, 15) is 0 Å². The molecule has 4 aliphatic carbocycles. The Balaban J connectivity index is 1.46. The minimum Gasteiger partial charge on any atom is -0.404 e. The molecule has 1 heterocycles. The number of hydrogen-bond donors (Lipinski definition) is 1. The van der Waals surface area contributed by atoms with Crippen LogP contribution in [0.5, 0.6) is 0 Å². The minimum absolute atomic E-state index is 0.0584. The average Bonchev–Trinajstić information content (AvgIpc) is 2.70. The summed E-state index contributed by atoms with van der Waals surface area (Å²) in [7, 11) is -0.166. The van der Waals surface area contributed by atoms with Gasteiger partial charge in [-0.05, 0) is 49.4 Å². The molecule has 112 valence electrons. The van der Waals surface area contributed by atoms with Crippen LogP contribution >= 0.6 is 0 Å². The summed E-state index contributed by atoms with van der Waals surface area (Å²) in [4.78, 5) is 0. The van der Waals surface area contributed by atoms with Gasteiger partial charge in [0, 0.05) is 5.94 Å². The van der Waals surface area contributed by atoms with E-state index >= 15 is 0 Å². The molecule has 5 rings (SSSR count). The van der Waals surface area contributed by atoms with Gasteiger partial charge >= 0.3 is 7.12 Å².